The first-order chi connectivity index (χ1) is 15.4. The minimum Gasteiger partial charge on any atom is -0.461 e. The molecule has 0 saturated heterocycles. The fraction of sp³-hybridized carbons (Fsp3) is 0.476. The molecular formula is C21H24N6O4S. The molecule has 1 aliphatic heterocycles. The summed E-state index contributed by atoms with van der Waals surface area (Å²) in [6.07, 6.45) is 3.64. The van der Waals surface area contributed by atoms with E-state index in [1.54, 1.807) is 34.5 Å². The fourth-order valence-corrected chi connectivity index (χ4v) is 5.09. The van der Waals surface area contributed by atoms with Crippen LogP contribution in [0.5, 0.6) is 0 Å². The first kappa shape index (κ1) is 20.8. The highest BCUT2D eigenvalue weighted by molar-refractivity contribution is 7.99. The Morgan fingerprint density at radius 2 is 2.09 bits per heavy atom. The Balaban J connectivity index is 1.24. The minimum absolute atomic E-state index is 0.0853. The van der Waals surface area contributed by atoms with Gasteiger partial charge < -0.3 is 9.73 Å². The maximum absolute atomic E-state index is 12.8. The van der Waals surface area contributed by atoms with Crippen molar-refractivity contribution in [3.8, 4) is 11.6 Å². The highest BCUT2D eigenvalue weighted by atomic mass is 32.2. The second kappa shape index (κ2) is 8.12. The number of nitrogens with one attached hydrogen (secondary N) is 1. The Labute approximate surface area is 187 Å². The van der Waals surface area contributed by atoms with Gasteiger partial charge in [-0.2, -0.15) is 0 Å². The van der Waals surface area contributed by atoms with Crippen molar-refractivity contribution < 1.29 is 9.21 Å². The molecule has 32 heavy (non-hydrogen) atoms. The number of thioether (sulfide) groups is 1. The molecule has 11 heteroatoms. The third kappa shape index (κ3) is 3.70. The number of hydrogen-bond acceptors (Lipinski definition) is 7. The SMILES string of the molecule is Cc1nc2n(c(=O)c1C)C(CC(=O)NCCn1nc(-c3ccco3)n(C3CC3)c1=O)CS2. The molecule has 0 bridgehead atoms. The Bertz CT molecular complexity index is 1280. The zero-order chi connectivity index (χ0) is 22.4. The van der Waals surface area contributed by atoms with Crippen LogP contribution < -0.4 is 16.6 Å². The summed E-state index contributed by atoms with van der Waals surface area (Å²) in [6, 6.07) is 3.48. The smallest absolute Gasteiger partial charge is 0.346 e. The summed E-state index contributed by atoms with van der Waals surface area (Å²) < 4.78 is 10.1. The van der Waals surface area contributed by atoms with E-state index in [4.69, 9.17) is 4.42 Å². The van der Waals surface area contributed by atoms with Gasteiger partial charge in [0.1, 0.15) is 0 Å². The van der Waals surface area contributed by atoms with Gasteiger partial charge in [0.2, 0.25) is 11.7 Å². The number of carbonyl (C=O) groups excluding carboxylic acids is 1. The van der Waals surface area contributed by atoms with E-state index < -0.39 is 0 Å². The second-order valence-corrected chi connectivity index (χ2v) is 9.19. The topological polar surface area (TPSA) is 117 Å². The first-order valence-electron chi connectivity index (χ1n) is 10.7. The van der Waals surface area contributed by atoms with Crippen molar-refractivity contribution in [2.24, 2.45) is 0 Å². The summed E-state index contributed by atoms with van der Waals surface area (Å²) in [5.41, 5.74) is 1.05. The summed E-state index contributed by atoms with van der Waals surface area (Å²) in [6.45, 7) is 4.11. The first-order valence-corrected chi connectivity index (χ1v) is 11.6. The molecule has 0 aromatic carbocycles. The molecule has 2 aliphatic rings. The van der Waals surface area contributed by atoms with E-state index in [-0.39, 0.29) is 48.8 Å². The van der Waals surface area contributed by atoms with Gasteiger partial charge in [0.05, 0.1) is 18.8 Å². The monoisotopic (exact) mass is 456 g/mol. The van der Waals surface area contributed by atoms with E-state index in [1.165, 1.54) is 16.4 Å². The van der Waals surface area contributed by atoms with Crippen molar-refractivity contribution in [3.05, 3.63) is 50.5 Å². The van der Waals surface area contributed by atoms with Crippen LogP contribution >= 0.6 is 11.8 Å². The molecule has 1 fully saturated rings. The lowest BCUT2D eigenvalue weighted by Gasteiger charge is -2.14. The number of nitrogens with zero attached hydrogens (tertiary/aromatic N) is 5. The Morgan fingerprint density at radius 3 is 2.81 bits per heavy atom. The predicted molar refractivity (Wildman–Crippen MR) is 118 cm³/mol. The minimum atomic E-state index is -0.225. The molecule has 1 saturated carbocycles. The lowest BCUT2D eigenvalue weighted by Crippen LogP contribution is -2.34. The standard InChI is InChI=1S/C21H24N6O4S/c1-12-13(2)23-20-27(19(12)29)15(11-32-20)10-17(28)22-7-8-25-21(30)26(14-5-6-14)18(24-25)16-4-3-9-31-16/h3-4,9,14-15H,5-8,10-11H2,1-2H3,(H,22,28). The Morgan fingerprint density at radius 1 is 1.28 bits per heavy atom. The van der Waals surface area contributed by atoms with Crippen LogP contribution in [0.4, 0.5) is 0 Å². The number of furan rings is 1. The molecule has 3 aromatic rings. The van der Waals surface area contributed by atoms with Crippen molar-refractivity contribution in [3.63, 3.8) is 0 Å². The maximum atomic E-state index is 12.8. The molecule has 5 rings (SSSR count). The van der Waals surface area contributed by atoms with Gasteiger partial charge >= 0.3 is 5.69 Å². The lowest BCUT2D eigenvalue weighted by atomic mass is 10.2. The molecule has 1 amide bonds. The molecule has 3 aromatic heterocycles. The van der Waals surface area contributed by atoms with E-state index >= 15 is 0 Å². The van der Waals surface area contributed by atoms with E-state index in [0.29, 0.717) is 28.1 Å². The van der Waals surface area contributed by atoms with E-state index in [9.17, 15) is 14.4 Å². The van der Waals surface area contributed by atoms with Crippen molar-refractivity contribution in [1.29, 1.82) is 0 Å². The maximum Gasteiger partial charge on any atom is 0.346 e. The summed E-state index contributed by atoms with van der Waals surface area (Å²) in [4.78, 5) is 42.5. The van der Waals surface area contributed by atoms with Gasteiger partial charge in [0, 0.05) is 36.0 Å². The lowest BCUT2D eigenvalue weighted by molar-refractivity contribution is -0.121. The second-order valence-electron chi connectivity index (χ2n) is 8.21. The average Bonchev–Trinajstić information content (AvgIpc) is 3.16. The number of aromatic nitrogens is 5. The summed E-state index contributed by atoms with van der Waals surface area (Å²) in [5, 5.41) is 7.96. The molecule has 168 valence electrons. The van der Waals surface area contributed by atoms with Crippen LogP contribution in [0.3, 0.4) is 0 Å². The molecule has 0 radical (unpaired) electrons. The van der Waals surface area contributed by atoms with Crippen LogP contribution in [0.25, 0.3) is 11.6 Å². The normalized spacial score (nSPS) is 17.5. The number of aryl methyl sites for hydroxylation is 1. The highest BCUT2D eigenvalue weighted by Crippen LogP contribution is 2.36. The molecular weight excluding hydrogens is 432 g/mol. The van der Waals surface area contributed by atoms with Gasteiger partial charge in [-0.05, 0) is 38.8 Å². The molecule has 1 atom stereocenters. The van der Waals surface area contributed by atoms with Gasteiger partial charge in [0.15, 0.2) is 10.9 Å². The predicted octanol–water partition coefficient (Wildman–Crippen LogP) is 1.67. The van der Waals surface area contributed by atoms with Crippen molar-refractivity contribution in [2.75, 3.05) is 12.3 Å². The zero-order valence-corrected chi connectivity index (χ0v) is 18.7. The van der Waals surface area contributed by atoms with E-state index in [1.807, 2.05) is 6.92 Å². The van der Waals surface area contributed by atoms with Crippen LogP contribution in [-0.2, 0) is 11.3 Å². The molecule has 10 nitrogen and oxygen atoms in total. The third-order valence-corrected chi connectivity index (χ3v) is 7.01. The molecule has 0 spiro atoms. The molecule has 1 aliphatic carbocycles. The van der Waals surface area contributed by atoms with Gasteiger partial charge in [-0.1, -0.05) is 11.8 Å². The summed E-state index contributed by atoms with van der Waals surface area (Å²) in [5.74, 6) is 1.54. The van der Waals surface area contributed by atoms with Crippen LogP contribution in [0.15, 0.2) is 37.6 Å². The van der Waals surface area contributed by atoms with Crippen LogP contribution in [0, 0.1) is 13.8 Å². The van der Waals surface area contributed by atoms with Gasteiger partial charge in [-0.15, -0.1) is 5.10 Å². The highest BCUT2D eigenvalue weighted by Gasteiger charge is 2.31. The number of hydrogen-bond donors (Lipinski definition) is 1. The quantitative estimate of drug-likeness (QED) is 0.538. The van der Waals surface area contributed by atoms with E-state index in [2.05, 4.69) is 15.4 Å². The van der Waals surface area contributed by atoms with Crippen molar-refractivity contribution in [2.45, 2.75) is 56.9 Å². The van der Waals surface area contributed by atoms with E-state index in [0.717, 1.165) is 18.5 Å². The molecule has 1 N–H and O–H groups in total. The number of rotatable bonds is 7. The van der Waals surface area contributed by atoms with Crippen molar-refractivity contribution >= 4 is 17.7 Å². The Kier molecular flexibility index (Phi) is 5.28. The van der Waals surface area contributed by atoms with Crippen LogP contribution in [0.2, 0.25) is 0 Å². The third-order valence-electron chi connectivity index (χ3n) is 5.91. The van der Waals surface area contributed by atoms with Gasteiger partial charge in [0.25, 0.3) is 5.56 Å². The van der Waals surface area contributed by atoms with Crippen LogP contribution in [0.1, 0.15) is 42.6 Å². The number of amides is 1. The Hall–Kier alpha value is -3.08. The van der Waals surface area contributed by atoms with Gasteiger partial charge in [-0.25, -0.2) is 14.5 Å². The van der Waals surface area contributed by atoms with Crippen LogP contribution in [-0.4, -0.2) is 42.1 Å². The zero-order valence-electron chi connectivity index (χ0n) is 17.9. The summed E-state index contributed by atoms with van der Waals surface area (Å²) in [7, 11) is 0. The number of fused-ring (bicyclic) bond motifs is 1. The van der Waals surface area contributed by atoms with Crippen molar-refractivity contribution in [1.82, 2.24) is 29.2 Å². The molecule has 4 heterocycles. The fourth-order valence-electron chi connectivity index (χ4n) is 3.91. The largest absolute Gasteiger partial charge is 0.461 e. The average molecular weight is 457 g/mol. The van der Waals surface area contributed by atoms with Gasteiger partial charge in [-0.3, -0.25) is 18.7 Å². The molecule has 1 unspecified atom stereocenters. The summed E-state index contributed by atoms with van der Waals surface area (Å²) >= 11 is 1.49. The number of carbonyl (C=O) groups is 1.